The number of nitrogens with one attached hydrogen (secondary N) is 2. The fourth-order valence-electron chi connectivity index (χ4n) is 4.91. The molecule has 0 unspecified atom stereocenters. The van der Waals surface area contributed by atoms with Crippen LogP contribution in [-0.2, 0) is 19.4 Å². The Bertz CT molecular complexity index is 1370. The van der Waals surface area contributed by atoms with Crippen molar-refractivity contribution in [3.8, 4) is 11.8 Å². The number of amides is 1. The number of fused-ring (bicyclic) bond motifs is 2. The van der Waals surface area contributed by atoms with E-state index in [2.05, 4.69) is 32.7 Å². The normalized spacial score (nSPS) is 19.9. The Balaban J connectivity index is 1.37. The van der Waals surface area contributed by atoms with Crippen LogP contribution in [-0.4, -0.2) is 75.3 Å². The molecule has 5 heterocycles. The first-order chi connectivity index (χ1) is 17.7. The van der Waals surface area contributed by atoms with Crippen molar-refractivity contribution in [3.63, 3.8) is 0 Å². The van der Waals surface area contributed by atoms with Crippen molar-refractivity contribution in [2.75, 3.05) is 32.0 Å². The van der Waals surface area contributed by atoms with Crippen LogP contribution in [0.25, 0.3) is 5.52 Å². The highest BCUT2D eigenvalue weighted by atomic mass is 19.4. The summed E-state index contributed by atoms with van der Waals surface area (Å²) in [6.07, 6.45) is -3.04. The molecule has 0 spiro atoms. The number of hydrogen-bond acceptors (Lipinski definition) is 5. The van der Waals surface area contributed by atoms with Gasteiger partial charge in [0.05, 0.1) is 42.0 Å². The Morgan fingerprint density at radius 2 is 2.11 bits per heavy atom. The Kier molecular flexibility index (Phi) is 6.81. The second-order valence-corrected chi connectivity index (χ2v) is 9.46. The monoisotopic (exact) mass is 517 g/mol. The van der Waals surface area contributed by atoms with E-state index in [1.54, 1.807) is 16.8 Å². The van der Waals surface area contributed by atoms with Gasteiger partial charge in [-0.2, -0.15) is 23.4 Å². The van der Waals surface area contributed by atoms with Gasteiger partial charge in [-0.25, -0.2) is 8.91 Å². The molecule has 8 nitrogen and oxygen atoms in total. The summed E-state index contributed by atoms with van der Waals surface area (Å²) < 4.78 is 58.0. The molecule has 1 amide bonds. The van der Waals surface area contributed by atoms with E-state index >= 15 is 0 Å². The largest absolute Gasteiger partial charge is 0.393 e. The van der Waals surface area contributed by atoms with Crippen molar-refractivity contribution in [3.05, 3.63) is 46.9 Å². The third-order valence-corrected chi connectivity index (χ3v) is 6.74. The SMILES string of the molecule is CN1CC[C@@H](Nc2cccc3c(CC(F)(F)F)c(C#CCNC(=O)c4cnn5c4CCC5)nn23)[C@@H](F)C1. The van der Waals surface area contributed by atoms with Crippen molar-refractivity contribution in [1.82, 2.24) is 29.6 Å². The number of pyridine rings is 1. The Morgan fingerprint density at radius 1 is 1.27 bits per heavy atom. The summed E-state index contributed by atoms with van der Waals surface area (Å²) in [7, 11) is 1.84. The number of halogens is 4. The van der Waals surface area contributed by atoms with Gasteiger partial charge in [0.2, 0.25) is 0 Å². The predicted molar refractivity (Wildman–Crippen MR) is 129 cm³/mol. The van der Waals surface area contributed by atoms with Crippen LogP contribution in [0.15, 0.2) is 24.4 Å². The molecule has 2 aliphatic rings. The first kappa shape index (κ1) is 25.1. The molecule has 1 saturated heterocycles. The third kappa shape index (κ3) is 5.41. The molecule has 0 aliphatic carbocycles. The van der Waals surface area contributed by atoms with Crippen LogP contribution in [0, 0.1) is 11.8 Å². The van der Waals surface area contributed by atoms with Gasteiger partial charge in [0.1, 0.15) is 17.7 Å². The van der Waals surface area contributed by atoms with Crippen LogP contribution in [0.5, 0.6) is 0 Å². The number of aromatic nitrogens is 4. The lowest BCUT2D eigenvalue weighted by Crippen LogP contribution is -2.46. The molecule has 2 aliphatic heterocycles. The van der Waals surface area contributed by atoms with Gasteiger partial charge >= 0.3 is 6.18 Å². The van der Waals surface area contributed by atoms with E-state index in [4.69, 9.17) is 0 Å². The molecule has 0 bridgehead atoms. The first-order valence-electron chi connectivity index (χ1n) is 12.2. The van der Waals surface area contributed by atoms with E-state index in [1.165, 1.54) is 16.8 Å². The van der Waals surface area contributed by atoms with Gasteiger partial charge in [0.25, 0.3) is 5.91 Å². The maximum atomic E-state index is 14.6. The highest BCUT2D eigenvalue weighted by Crippen LogP contribution is 2.28. The molecule has 0 radical (unpaired) electrons. The van der Waals surface area contributed by atoms with Gasteiger partial charge in [-0.1, -0.05) is 12.0 Å². The lowest BCUT2D eigenvalue weighted by molar-refractivity contribution is -0.127. The second-order valence-electron chi connectivity index (χ2n) is 9.46. The Hall–Kier alpha value is -3.59. The van der Waals surface area contributed by atoms with Crippen LogP contribution < -0.4 is 10.6 Å². The summed E-state index contributed by atoms with van der Waals surface area (Å²) in [5.74, 6) is 5.49. The van der Waals surface area contributed by atoms with E-state index in [0.29, 0.717) is 24.3 Å². The number of nitrogens with zero attached hydrogens (tertiary/aromatic N) is 5. The zero-order valence-corrected chi connectivity index (χ0v) is 20.3. The molecule has 37 heavy (non-hydrogen) atoms. The van der Waals surface area contributed by atoms with E-state index in [9.17, 15) is 22.4 Å². The van der Waals surface area contributed by atoms with E-state index in [1.807, 2.05) is 11.9 Å². The number of piperidine rings is 1. The van der Waals surface area contributed by atoms with E-state index in [0.717, 1.165) is 25.1 Å². The minimum Gasteiger partial charge on any atom is -0.364 e. The highest BCUT2D eigenvalue weighted by molar-refractivity contribution is 5.95. The molecule has 12 heteroatoms. The minimum absolute atomic E-state index is 0.0348. The summed E-state index contributed by atoms with van der Waals surface area (Å²) >= 11 is 0. The van der Waals surface area contributed by atoms with Crippen LogP contribution in [0.3, 0.4) is 0 Å². The molecule has 3 aromatic rings. The van der Waals surface area contributed by atoms with Gasteiger partial charge in [-0.05, 0) is 44.4 Å². The number of carbonyl (C=O) groups is 1. The van der Waals surface area contributed by atoms with Crippen molar-refractivity contribution in [2.24, 2.45) is 0 Å². The maximum Gasteiger partial charge on any atom is 0.393 e. The van der Waals surface area contributed by atoms with Crippen molar-refractivity contribution >= 4 is 17.2 Å². The molecule has 3 aromatic heterocycles. The van der Waals surface area contributed by atoms with Crippen molar-refractivity contribution in [2.45, 2.75) is 50.6 Å². The number of aryl methyl sites for hydroxylation is 1. The zero-order valence-electron chi connectivity index (χ0n) is 20.3. The number of likely N-dealkylation sites (tertiary alicyclic amines) is 1. The molecule has 2 atom stereocenters. The Labute approximate surface area is 211 Å². The standard InChI is InChI=1S/C25H27F4N7O/c1-34-12-9-20(18(26)15-34)32-23-8-2-6-22-16(13-25(27,28)29)19(33-36(22)23)5-3-10-30-24(37)17-14-31-35-11-4-7-21(17)35/h2,6,8,14,18,20,32H,4,7,9-13,15H2,1H3,(H,30,37)/t18-,20+/m0/s1. The van der Waals surface area contributed by atoms with Gasteiger partial charge in [-0.3, -0.25) is 9.48 Å². The molecule has 1 fully saturated rings. The zero-order chi connectivity index (χ0) is 26.2. The lowest BCUT2D eigenvalue weighted by Gasteiger charge is -2.33. The van der Waals surface area contributed by atoms with Gasteiger partial charge < -0.3 is 15.5 Å². The lowest BCUT2D eigenvalue weighted by atomic mass is 10.0. The average Bonchev–Trinajstić information content (AvgIpc) is 3.53. The quantitative estimate of drug-likeness (QED) is 0.402. The number of rotatable bonds is 5. The first-order valence-corrected chi connectivity index (χ1v) is 12.2. The summed E-state index contributed by atoms with van der Waals surface area (Å²) in [5.41, 5.74) is 1.51. The molecule has 5 rings (SSSR count). The van der Waals surface area contributed by atoms with Crippen LogP contribution in [0.2, 0.25) is 0 Å². The van der Waals surface area contributed by atoms with E-state index < -0.39 is 24.8 Å². The summed E-state index contributed by atoms with van der Waals surface area (Å²) in [6.45, 7) is 1.69. The molecule has 0 saturated carbocycles. The van der Waals surface area contributed by atoms with Crippen LogP contribution in [0.4, 0.5) is 23.4 Å². The molecule has 196 valence electrons. The predicted octanol–water partition coefficient (Wildman–Crippen LogP) is 2.82. The second kappa shape index (κ2) is 10.0. The molecular formula is C25H27F4N7O. The van der Waals surface area contributed by atoms with Gasteiger partial charge in [0, 0.05) is 25.2 Å². The van der Waals surface area contributed by atoms with Crippen LogP contribution >= 0.6 is 0 Å². The molecular weight excluding hydrogens is 490 g/mol. The third-order valence-electron chi connectivity index (χ3n) is 6.74. The molecule has 0 aromatic carbocycles. The highest BCUT2D eigenvalue weighted by Gasteiger charge is 2.32. The number of anilines is 1. The number of hydrogen-bond donors (Lipinski definition) is 2. The summed E-state index contributed by atoms with van der Waals surface area (Å²) in [4.78, 5) is 14.4. The fraction of sp³-hybridized carbons (Fsp3) is 0.480. The minimum atomic E-state index is -4.47. The van der Waals surface area contributed by atoms with Crippen LogP contribution in [0.1, 0.15) is 40.2 Å². The number of carbonyl (C=O) groups excluding carboxylic acids is 1. The number of alkyl halides is 4. The summed E-state index contributed by atoms with van der Waals surface area (Å²) in [5, 5.41) is 14.3. The smallest absolute Gasteiger partial charge is 0.364 e. The average molecular weight is 518 g/mol. The topological polar surface area (TPSA) is 79.5 Å². The van der Waals surface area contributed by atoms with Crippen molar-refractivity contribution < 1.29 is 22.4 Å². The van der Waals surface area contributed by atoms with E-state index in [-0.39, 0.29) is 35.8 Å². The molecule has 2 N–H and O–H groups in total. The Morgan fingerprint density at radius 3 is 2.89 bits per heavy atom. The van der Waals surface area contributed by atoms with Gasteiger partial charge in [-0.15, -0.1) is 0 Å². The van der Waals surface area contributed by atoms with Crippen molar-refractivity contribution in [1.29, 1.82) is 0 Å². The maximum absolute atomic E-state index is 14.6. The van der Waals surface area contributed by atoms with Gasteiger partial charge in [0.15, 0.2) is 0 Å². The summed E-state index contributed by atoms with van der Waals surface area (Å²) in [6, 6.07) is 4.33. The fourth-order valence-corrected chi connectivity index (χ4v) is 4.91.